The van der Waals surface area contributed by atoms with Crippen molar-refractivity contribution in [3.63, 3.8) is 0 Å². The van der Waals surface area contributed by atoms with Crippen molar-refractivity contribution in [2.75, 3.05) is 39.5 Å². The molecule has 0 saturated heterocycles. The summed E-state index contributed by atoms with van der Waals surface area (Å²) in [5.74, 6) is -0.717. The Morgan fingerprint density at radius 3 is 2.00 bits per heavy atom. The van der Waals surface area contributed by atoms with Crippen LogP contribution in [0.2, 0.25) is 0 Å². The van der Waals surface area contributed by atoms with E-state index < -0.39 is 12.1 Å². The van der Waals surface area contributed by atoms with Gasteiger partial charge in [0.1, 0.15) is 12.1 Å². The summed E-state index contributed by atoms with van der Waals surface area (Å²) in [6.07, 6.45) is 0.137. The zero-order valence-corrected chi connectivity index (χ0v) is 17.9. The summed E-state index contributed by atoms with van der Waals surface area (Å²) in [5.41, 5.74) is 5.30. The molecule has 9 heteroatoms. The van der Waals surface area contributed by atoms with E-state index in [2.05, 4.69) is 16.0 Å². The number of nitrogens with two attached hydrogens (primary N) is 1. The molecule has 0 aliphatic carbocycles. The molecular weight excluding hydrogens is 364 g/mol. The molecule has 0 heterocycles. The van der Waals surface area contributed by atoms with Crippen LogP contribution < -0.4 is 21.7 Å². The SMILES string of the molecule is CC(C)CNC(=O)[C@H](C)NC(=O)[C@@H](NC(=O)CCOCCOCCN)C(C)C. The van der Waals surface area contributed by atoms with E-state index in [0.717, 1.165) is 0 Å². The summed E-state index contributed by atoms with van der Waals surface area (Å²) < 4.78 is 10.5. The Kier molecular flexibility index (Phi) is 14.3. The van der Waals surface area contributed by atoms with Crippen LogP contribution >= 0.6 is 0 Å². The molecule has 28 heavy (non-hydrogen) atoms. The van der Waals surface area contributed by atoms with Crippen LogP contribution in [0.4, 0.5) is 0 Å². The van der Waals surface area contributed by atoms with Gasteiger partial charge >= 0.3 is 0 Å². The molecule has 0 aliphatic rings. The van der Waals surface area contributed by atoms with Gasteiger partial charge in [-0.25, -0.2) is 0 Å². The average Bonchev–Trinajstić information content (AvgIpc) is 2.62. The van der Waals surface area contributed by atoms with E-state index in [1.807, 2.05) is 27.7 Å². The third kappa shape index (κ3) is 12.6. The first-order valence-electron chi connectivity index (χ1n) is 9.92. The monoisotopic (exact) mass is 402 g/mol. The third-order valence-electron chi connectivity index (χ3n) is 3.81. The smallest absolute Gasteiger partial charge is 0.243 e. The molecule has 0 fully saturated rings. The number of nitrogens with one attached hydrogen (secondary N) is 3. The van der Waals surface area contributed by atoms with Crippen LogP contribution in [0.15, 0.2) is 0 Å². The van der Waals surface area contributed by atoms with Gasteiger partial charge in [-0.05, 0) is 18.8 Å². The molecule has 0 bridgehead atoms. The van der Waals surface area contributed by atoms with Gasteiger partial charge < -0.3 is 31.2 Å². The molecule has 0 spiro atoms. The largest absolute Gasteiger partial charge is 0.379 e. The van der Waals surface area contributed by atoms with E-state index in [9.17, 15) is 14.4 Å². The van der Waals surface area contributed by atoms with Crippen LogP contribution in [-0.4, -0.2) is 69.3 Å². The second kappa shape index (κ2) is 15.2. The molecule has 0 saturated carbocycles. The number of amides is 3. The average molecular weight is 403 g/mol. The number of carbonyl (C=O) groups is 3. The van der Waals surface area contributed by atoms with Crippen LogP contribution in [0, 0.1) is 11.8 Å². The summed E-state index contributed by atoms with van der Waals surface area (Å²) in [5, 5.41) is 8.15. The predicted molar refractivity (Wildman–Crippen MR) is 108 cm³/mol. The molecule has 0 unspecified atom stereocenters. The summed E-state index contributed by atoms with van der Waals surface area (Å²) >= 11 is 0. The minimum absolute atomic E-state index is 0.125. The first kappa shape index (κ1) is 26.3. The molecule has 2 atom stereocenters. The Bertz CT molecular complexity index is 471. The van der Waals surface area contributed by atoms with Gasteiger partial charge in [0.05, 0.1) is 26.4 Å². The topological polar surface area (TPSA) is 132 Å². The zero-order chi connectivity index (χ0) is 21.5. The van der Waals surface area contributed by atoms with Crippen molar-refractivity contribution >= 4 is 17.7 Å². The lowest BCUT2D eigenvalue weighted by molar-refractivity contribution is -0.133. The van der Waals surface area contributed by atoms with Gasteiger partial charge in [-0.1, -0.05) is 27.7 Å². The number of rotatable bonds is 15. The van der Waals surface area contributed by atoms with Crippen LogP contribution in [0.5, 0.6) is 0 Å². The van der Waals surface area contributed by atoms with Crippen molar-refractivity contribution in [1.29, 1.82) is 0 Å². The molecule has 0 rings (SSSR count). The molecule has 3 amide bonds. The van der Waals surface area contributed by atoms with Gasteiger partial charge in [-0.2, -0.15) is 0 Å². The normalized spacial score (nSPS) is 13.3. The fourth-order valence-electron chi connectivity index (χ4n) is 2.18. The second-order valence-electron chi connectivity index (χ2n) is 7.42. The quantitative estimate of drug-likeness (QED) is 0.280. The fraction of sp³-hybridized carbons (Fsp3) is 0.842. The highest BCUT2D eigenvalue weighted by molar-refractivity contribution is 5.92. The fourth-order valence-corrected chi connectivity index (χ4v) is 2.18. The number of hydrogen-bond acceptors (Lipinski definition) is 6. The second-order valence-corrected chi connectivity index (χ2v) is 7.42. The van der Waals surface area contributed by atoms with E-state index in [-0.39, 0.29) is 36.7 Å². The predicted octanol–water partition coefficient (Wildman–Crippen LogP) is -0.214. The minimum atomic E-state index is -0.722. The number of hydrogen-bond donors (Lipinski definition) is 4. The molecular formula is C19H38N4O5. The van der Waals surface area contributed by atoms with Crippen molar-refractivity contribution < 1.29 is 23.9 Å². The molecule has 5 N–H and O–H groups in total. The number of ether oxygens (including phenoxy) is 2. The third-order valence-corrected chi connectivity index (χ3v) is 3.81. The molecule has 9 nitrogen and oxygen atoms in total. The van der Waals surface area contributed by atoms with Crippen LogP contribution in [0.1, 0.15) is 41.0 Å². The standard InChI is InChI=1S/C19H38N4O5/c1-13(2)12-21-18(25)15(5)22-19(26)17(14(3)4)23-16(24)6-8-27-10-11-28-9-7-20/h13-15,17H,6-12,20H2,1-5H3,(H,21,25)(H,22,26)(H,23,24)/t15-,17-/m0/s1. The van der Waals surface area contributed by atoms with E-state index in [1.54, 1.807) is 6.92 Å². The summed E-state index contributed by atoms with van der Waals surface area (Å²) in [7, 11) is 0. The maximum Gasteiger partial charge on any atom is 0.243 e. The van der Waals surface area contributed by atoms with Gasteiger partial charge in [0.25, 0.3) is 0 Å². The van der Waals surface area contributed by atoms with Crippen molar-refractivity contribution in [2.45, 2.75) is 53.1 Å². The Morgan fingerprint density at radius 1 is 0.857 bits per heavy atom. The minimum Gasteiger partial charge on any atom is -0.379 e. The zero-order valence-electron chi connectivity index (χ0n) is 17.9. The Balaban J connectivity index is 4.32. The van der Waals surface area contributed by atoms with Gasteiger partial charge in [0.2, 0.25) is 17.7 Å². The van der Waals surface area contributed by atoms with Crippen LogP contribution in [-0.2, 0) is 23.9 Å². The summed E-state index contributed by atoms with van der Waals surface area (Å²) in [4.78, 5) is 36.6. The van der Waals surface area contributed by atoms with Crippen molar-refractivity contribution in [3.8, 4) is 0 Å². The lowest BCUT2D eigenvalue weighted by Gasteiger charge is -2.24. The van der Waals surface area contributed by atoms with Gasteiger partial charge in [-0.3, -0.25) is 14.4 Å². The lowest BCUT2D eigenvalue weighted by atomic mass is 10.0. The Labute approximate surface area is 168 Å². The Morgan fingerprint density at radius 2 is 1.46 bits per heavy atom. The summed E-state index contributed by atoms with van der Waals surface area (Å²) in [6, 6.07) is -1.40. The van der Waals surface area contributed by atoms with Crippen LogP contribution in [0.25, 0.3) is 0 Å². The van der Waals surface area contributed by atoms with E-state index in [4.69, 9.17) is 15.2 Å². The Hall–Kier alpha value is -1.71. The molecule has 0 radical (unpaired) electrons. The molecule has 0 aromatic heterocycles. The van der Waals surface area contributed by atoms with E-state index >= 15 is 0 Å². The number of carbonyl (C=O) groups excluding carboxylic acids is 3. The van der Waals surface area contributed by atoms with Crippen molar-refractivity contribution in [3.05, 3.63) is 0 Å². The molecule has 164 valence electrons. The van der Waals surface area contributed by atoms with Gasteiger partial charge in [0, 0.05) is 19.5 Å². The molecule has 0 aromatic carbocycles. The first-order valence-corrected chi connectivity index (χ1v) is 9.92. The highest BCUT2D eigenvalue weighted by atomic mass is 16.5. The molecule has 0 aliphatic heterocycles. The van der Waals surface area contributed by atoms with Gasteiger partial charge in [0.15, 0.2) is 0 Å². The van der Waals surface area contributed by atoms with Gasteiger partial charge in [-0.15, -0.1) is 0 Å². The maximum absolute atomic E-state index is 12.5. The highest BCUT2D eigenvalue weighted by Crippen LogP contribution is 2.03. The van der Waals surface area contributed by atoms with Crippen molar-refractivity contribution in [1.82, 2.24) is 16.0 Å². The highest BCUT2D eigenvalue weighted by Gasteiger charge is 2.26. The maximum atomic E-state index is 12.5. The first-order chi connectivity index (χ1) is 13.2. The molecule has 0 aromatic rings. The van der Waals surface area contributed by atoms with E-state index in [0.29, 0.717) is 38.8 Å². The van der Waals surface area contributed by atoms with Crippen LogP contribution in [0.3, 0.4) is 0 Å². The lowest BCUT2D eigenvalue weighted by Crippen LogP contribution is -2.54. The van der Waals surface area contributed by atoms with Crippen molar-refractivity contribution in [2.24, 2.45) is 17.6 Å². The summed E-state index contributed by atoms with van der Waals surface area (Å²) in [6.45, 7) is 11.8. The van der Waals surface area contributed by atoms with E-state index in [1.165, 1.54) is 0 Å².